The van der Waals surface area contributed by atoms with Crippen molar-refractivity contribution in [3.63, 3.8) is 0 Å². The quantitative estimate of drug-likeness (QED) is 0.893. The molecule has 0 saturated carbocycles. The van der Waals surface area contributed by atoms with Gasteiger partial charge in [0.2, 0.25) is 5.91 Å². The highest BCUT2D eigenvalue weighted by molar-refractivity contribution is 6.30. The van der Waals surface area contributed by atoms with Crippen LogP contribution in [0.2, 0.25) is 5.02 Å². The summed E-state index contributed by atoms with van der Waals surface area (Å²) in [5, 5.41) is 10.1. The molecule has 2 heterocycles. The number of nitrogens with zero attached hydrogens (tertiary/aromatic N) is 1. The fourth-order valence-corrected chi connectivity index (χ4v) is 3.67. The maximum Gasteiger partial charge on any atom is 0.313 e. The molecule has 3 rings (SSSR count). The van der Waals surface area contributed by atoms with Crippen LogP contribution in [0.3, 0.4) is 0 Å². The van der Waals surface area contributed by atoms with Gasteiger partial charge in [0, 0.05) is 25.2 Å². The van der Waals surface area contributed by atoms with Crippen molar-refractivity contribution in [3.05, 3.63) is 28.8 Å². The van der Waals surface area contributed by atoms with Gasteiger partial charge in [0.25, 0.3) is 0 Å². The second-order valence-electron chi connectivity index (χ2n) is 6.49. The predicted octanol–water partition coefficient (Wildman–Crippen LogP) is 1.84. The Morgan fingerprint density at radius 3 is 3.00 bits per heavy atom. The van der Waals surface area contributed by atoms with Crippen LogP contribution in [0.4, 0.5) is 0 Å². The van der Waals surface area contributed by atoms with Crippen LogP contribution in [-0.2, 0) is 20.7 Å². The number of hydrogen-bond acceptors (Lipinski definition) is 4. The van der Waals surface area contributed by atoms with Crippen LogP contribution in [-0.4, -0.2) is 55.3 Å². The lowest BCUT2D eigenvalue weighted by atomic mass is 9.88. The Bertz CT molecular complexity index is 664. The minimum absolute atomic E-state index is 0.0696. The number of rotatable bonds is 4. The molecule has 2 aliphatic heterocycles. The number of carboxylic acid groups (broad SMARTS) is 1. The number of carbonyl (C=O) groups excluding carboxylic acids is 1. The van der Waals surface area contributed by atoms with E-state index in [1.54, 1.807) is 11.0 Å². The number of benzene rings is 1. The summed E-state index contributed by atoms with van der Waals surface area (Å²) in [6, 6.07) is 5.38. The zero-order valence-electron chi connectivity index (χ0n) is 13.5. The highest BCUT2D eigenvalue weighted by atomic mass is 35.5. The second kappa shape index (κ2) is 6.61. The van der Waals surface area contributed by atoms with Crippen LogP contribution in [0.25, 0.3) is 0 Å². The van der Waals surface area contributed by atoms with Gasteiger partial charge in [-0.15, -0.1) is 0 Å². The van der Waals surface area contributed by atoms with Gasteiger partial charge in [-0.25, -0.2) is 0 Å². The van der Waals surface area contributed by atoms with Crippen LogP contribution in [0, 0.1) is 11.3 Å². The summed E-state index contributed by atoms with van der Waals surface area (Å²) >= 11 is 6.01. The van der Waals surface area contributed by atoms with E-state index in [1.165, 1.54) is 7.11 Å². The van der Waals surface area contributed by atoms with Gasteiger partial charge in [-0.05, 0) is 36.6 Å². The van der Waals surface area contributed by atoms with E-state index in [1.807, 2.05) is 12.1 Å². The summed E-state index contributed by atoms with van der Waals surface area (Å²) in [5.74, 6) is -0.552. The Kier molecular flexibility index (Phi) is 4.69. The van der Waals surface area contributed by atoms with Crippen molar-refractivity contribution >= 4 is 23.5 Å². The van der Waals surface area contributed by atoms with Gasteiger partial charge < -0.3 is 19.5 Å². The van der Waals surface area contributed by atoms with Crippen molar-refractivity contribution in [2.45, 2.75) is 12.8 Å². The summed E-state index contributed by atoms with van der Waals surface area (Å²) in [6.45, 7) is 1.00. The monoisotopic (exact) mass is 353 g/mol. The average molecular weight is 354 g/mol. The van der Waals surface area contributed by atoms with Gasteiger partial charge in [0.1, 0.15) is 17.8 Å². The predicted molar refractivity (Wildman–Crippen MR) is 87.3 cm³/mol. The molecule has 130 valence electrons. The van der Waals surface area contributed by atoms with Gasteiger partial charge in [0.05, 0.1) is 12.5 Å². The van der Waals surface area contributed by atoms with Crippen LogP contribution >= 0.6 is 11.6 Å². The lowest BCUT2D eigenvalue weighted by molar-refractivity contribution is -0.152. The molecule has 2 atom stereocenters. The molecule has 1 amide bonds. The van der Waals surface area contributed by atoms with Crippen LogP contribution in [0.15, 0.2) is 18.2 Å². The van der Waals surface area contributed by atoms with Gasteiger partial charge >= 0.3 is 5.97 Å². The Labute approximate surface area is 145 Å². The lowest BCUT2D eigenvalue weighted by Gasteiger charge is -2.29. The summed E-state index contributed by atoms with van der Waals surface area (Å²) in [6.07, 6.45) is 0.952. The number of likely N-dealkylation sites (tertiary alicyclic amines) is 1. The number of carbonyl (C=O) groups is 2. The summed E-state index contributed by atoms with van der Waals surface area (Å²) in [4.78, 5) is 26.0. The lowest BCUT2D eigenvalue weighted by Crippen LogP contribution is -2.43. The van der Waals surface area contributed by atoms with Gasteiger partial charge in [-0.2, -0.15) is 0 Å². The molecule has 1 aromatic carbocycles. The first-order chi connectivity index (χ1) is 11.4. The molecule has 0 spiro atoms. The molecule has 2 aliphatic rings. The smallest absolute Gasteiger partial charge is 0.313 e. The molecule has 24 heavy (non-hydrogen) atoms. The molecule has 2 unspecified atom stereocenters. The zero-order valence-corrected chi connectivity index (χ0v) is 14.2. The van der Waals surface area contributed by atoms with Crippen molar-refractivity contribution in [1.29, 1.82) is 0 Å². The number of ether oxygens (including phenoxy) is 2. The normalized spacial score (nSPS) is 25.9. The number of hydrogen-bond donors (Lipinski definition) is 1. The largest absolute Gasteiger partial charge is 0.492 e. The van der Waals surface area contributed by atoms with E-state index in [2.05, 4.69) is 0 Å². The molecule has 0 aliphatic carbocycles. The van der Waals surface area contributed by atoms with Crippen LogP contribution in [0.1, 0.15) is 12.0 Å². The summed E-state index contributed by atoms with van der Waals surface area (Å²) < 4.78 is 10.7. The Morgan fingerprint density at radius 1 is 1.50 bits per heavy atom. The van der Waals surface area contributed by atoms with E-state index >= 15 is 0 Å². The molecule has 1 fully saturated rings. The van der Waals surface area contributed by atoms with Gasteiger partial charge in [0.15, 0.2) is 0 Å². The summed E-state index contributed by atoms with van der Waals surface area (Å²) in [5.41, 5.74) is -0.103. The third-order valence-electron chi connectivity index (χ3n) is 4.82. The number of fused-ring (bicyclic) bond motifs is 1. The third-order valence-corrected chi connectivity index (χ3v) is 5.05. The van der Waals surface area contributed by atoms with E-state index in [9.17, 15) is 14.7 Å². The summed E-state index contributed by atoms with van der Waals surface area (Å²) in [7, 11) is 1.48. The Balaban J connectivity index is 1.71. The fourth-order valence-electron chi connectivity index (χ4n) is 3.47. The first-order valence-corrected chi connectivity index (χ1v) is 8.25. The van der Waals surface area contributed by atoms with Crippen molar-refractivity contribution in [2.24, 2.45) is 11.3 Å². The van der Waals surface area contributed by atoms with Gasteiger partial charge in [-0.1, -0.05) is 11.6 Å². The minimum atomic E-state index is -1.01. The topological polar surface area (TPSA) is 76.1 Å². The van der Waals surface area contributed by atoms with Crippen molar-refractivity contribution in [1.82, 2.24) is 4.90 Å². The molecule has 1 saturated heterocycles. The molecule has 0 aromatic heterocycles. The molecule has 1 aromatic rings. The van der Waals surface area contributed by atoms with Crippen molar-refractivity contribution in [3.8, 4) is 5.75 Å². The van der Waals surface area contributed by atoms with Crippen molar-refractivity contribution < 1.29 is 24.2 Å². The zero-order chi connectivity index (χ0) is 17.3. The molecule has 6 nitrogen and oxygen atoms in total. The van der Waals surface area contributed by atoms with E-state index in [0.29, 0.717) is 31.0 Å². The molecular formula is C17H20ClNO5. The number of aliphatic carboxylic acids is 1. The number of amides is 1. The Morgan fingerprint density at radius 2 is 2.29 bits per heavy atom. The first-order valence-electron chi connectivity index (χ1n) is 7.87. The maximum absolute atomic E-state index is 12.8. The SMILES string of the molecule is COCC1(C(=O)O)CCN(C(=O)C2COc3ccc(Cl)cc3C2)C1. The van der Waals surface area contributed by atoms with Crippen molar-refractivity contribution in [2.75, 3.05) is 33.4 Å². The number of methoxy groups -OCH3 is 1. The third kappa shape index (κ3) is 3.08. The molecule has 1 N–H and O–H groups in total. The van der Waals surface area contributed by atoms with Crippen LogP contribution in [0.5, 0.6) is 5.75 Å². The second-order valence-corrected chi connectivity index (χ2v) is 6.93. The van der Waals surface area contributed by atoms with E-state index in [-0.39, 0.29) is 25.0 Å². The molecule has 7 heteroatoms. The molecule has 0 radical (unpaired) electrons. The number of carboxylic acids is 1. The highest BCUT2D eigenvalue weighted by Crippen LogP contribution is 2.35. The fraction of sp³-hybridized carbons (Fsp3) is 0.529. The minimum Gasteiger partial charge on any atom is -0.492 e. The van der Waals surface area contributed by atoms with Gasteiger partial charge in [-0.3, -0.25) is 9.59 Å². The molecular weight excluding hydrogens is 334 g/mol. The van der Waals surface area contributed by atoms with E-state index in [4.69, 9.17) is 21.1 Å². The highest BCUT2D eigenvalue weighted by Gasteiger charge is 2.47. The van der Waals surface area contributed by atoms with E-state index in [0.717, 1.165) is 11.3 Å². The average Bonchev–Trinajstić information content (AvgIpc) is 2.99. The van der Waals surface area contributed by atoms with Crippen LogP contribution < -0.4 is 4.74 Å². The molecule has 0 bridgehead atoms. The van der Waals surface area contributed by atoms with E-state index < -0.39 is 11.4 Å². The maximum atomic E-state index is 12.8. The Hall–Kier alpha value is -1.79. The standard InChI is InChI=1S/C17H20ClNO5/c1-23-10-17(16(21)22)4-5-19(9-17)15(20)12-6-11-7-13(18)2-3-14(11)24-8-12/h2-3,7,12H,4-6,8-10H2,1H3,(H,21,22). The number of halogens is 1. The first kappa shape index (κ1) is 17.0.